The van der Waals surface area contributed by atoms with Gasteiger partial charge in [0.15, 0.2) is 0 Å². The van der Waals surface area contributed by atoms with Crippen molar-refractivity contribution in [2.75, 3.05) is 6.61 Å². The van der Waals surface area contributed by atoms with Gasteiger partial charge in [-0.15, -0.1) is 0 Å². The van der Waals surface area contributed by atoms with Crippen LogP contribution in [0.2, 0.25) is 10.0 Å². The minimum Gasteiger partial charge on any atom is -0.490 e. The molecule has 3 heterocycles. The van der Waals surface area contributed by atoms with Crippen LogP contribution in [0.4, 0.5) is 0 Å². The number of nitrogens with one attached hydrogen (secondary N) is 1. The lowest BCUT2D eigenvalue weighted by Crippen LogP contribution is -2.18. The van der Waals surface area contributed by atoms with Gasteiger partial charge in [0.2, 0.25) is 0 Å². The highest BCUT2D eigenvalue weighted by Gasteiger charge is 2.27. The van der Waals surface area contributed by atoms with Crippen LogP contribution in [0.25, 0.3) is 22.0 Å². The molecule has 1 saturated carbocycles. The Balaban J connectivity index is 1.54. The number of halogens is 2. The molecule has 1 saturated heterocycles. The lowest BCUT2D eigenvalue weighted by molar-refractivity contribution is -0.0394. The van der Waals surface area contributed by atoms with E-state index in [0.29, 0.717) is 22.2 Å². The normalized spacial score (nSPS) is 25.0. The summed E-state index contributed by atoms with van der Waals surface area (Å²) < 4.78 is 14.0. The van der Waals surface area contributed by atoms with E-state index in [1.54, 1.807) is 6.07 Å². The molecule has 2 fully saturated rings. The van der Waals surface area contributed by atoms with Gasteiger partial charge in [-0.1, -0.05) is 23.2 Å². The van der Waals surface area contributed by atoms with Crippen molar-refractivity contribution in [1.82, 2.24) is 14.8 Å². The summed E-state index contributed by atoms with van der Waals surface area (Å²) in [6.07, 6.45) is 10.8. The molecule has 2 aromatic heterocycles. The number of aromatic amines is 1. The molecule has 0 radical (unpaired) electrons. The Bertz CT molecular complexity index is 1030. The predicted octanol–water partition coefficient (Wildman–Crippen LogP) is 5.33. The van der Waals surface area contributed by atoms with Gasteiger partial charge >= 0.3 is 0 Å². The molecule has 2 aliphatic rings. The monoisotopic (exact) mass is 435 g/mol. The average molecular weight is 436 g/mol. The maximum absolute atomic E-state index is 9.85. The number of hydrogen-bond acceptors (Lipinski definition) is 4. The van der Waals surface area contributed by atoms with E-state index in [2.05, 4.69) is 10.1 Å². The Morgan fingerprint density at radius 3 is 2.90 bits per heavy atom. The summed E-state index contributed by atoms with van der Waals surface area (Å²) in [6.45, 7) is 0.770. The van der Waals surface area contributed by atoms with Gasteiger partial charge in [0.05, 0.1) is 33.2 Å². The summed E-state index contributed by atoms with van der Waals surface area (Å²) in [4.78, 5) is 3.24. The van der Waals surface area contributed by atoms with E-state index in [9.17, 15) is 5.11 Å². The summed E-state index contributed by atoms with van der Waals surface area (Å²) in [5.74, 6) is 0.673. The van der Waals surface area contributed by atoms with E-state index in [0.717, 1.165) is 60.7 Å². The molecular formula is C21H23Cl2N3O3. The van der Waals surface area contributed by atoms with Gasteiger partial charge in [0.1, 0.15) is 18.1 Å². The summed E-state index contributed by atoms with van der Waals surface area (Å²) in [5.41, 5.74) is 2.65. The third-order valence-electron chi connectivity index (χ3n) is 5.83. The Morgan fingerprint density at radius 1 is 1.24 bits per heavy atom. The fourth-order valence-electron chi connectivity index (χ4n) is 4.31. The zero-order valence-corrected chi connectivity index (χ0v) is 17.4. The minimum atomic E-state index is -0.308. The highest BCUT2D eigenvalue weighted by Crippen LogP contribution is 2.43. The van der Waals surface area contributed by atoms with Gasteiger partial charge in [-0.05, 0) is 32.1 Å². The lowest BCUT2D eigenvalue weighted by Gasteiger charge is -2.22. The van der Waals surface area contributed by atoms with Crippen LogP contribution in [0.3, 0.4) is 0 Å². The molecule has 29 heavy (non-hydrogen) atoms. The smallest absolute Gasteiger partial charge is 0.150 e. The number of benzene rings is 1. The molecule has 6 nitrogen and oxygen atoms in total. The summed E-state index contributed by atoms with van der Waals surface area (Å²) in [6, 6.07) is 1.77. The highest BCUT2D eigenvalue weighted by atomic mass is 35.5. The third-order valence-corrected chi connectivity index (χ3v) is 6.61. The van der Waals surface area contributed by atoms with Crippen molar-refractivity contribution < 1.29 is 14.6 Å². The molecular weight excluding hydrogens is 413 g/mol. The SMILES string of the molecule is OC1CCC(Oc2cc(Cl)c(Cl)c3[nH]cc(-c4cnn(C5CCCCO5)c4)c23)C1. The minimum absolute atomic E-state index is 0.0172. The van der Waals surface area contributed by atoms with Gasteiger partial charge in [0, 0.05) is 42.6 Å². The fourth-order valence-corrected chi connectivity index (χ4v) is 4.71. The average Bonchev–Trinajstić information content (AvgIpc) is 3.46. The molecule has 0 amide bonds. The van der Waals surface area contributed by atoms with Crippen molar-refractivity contribution in [1.29, 1.82) is 0 Å². The number of H-pyrrole nitrogens is 1. The van der Waals surface area contributed by atoms with E-state index in [1.165, 1.54) is 0 Å². The van der Waals surface area contributed by atoms with Crippen LogP contribution in [0.1, 0.15) is 44.8 Å². The van der Waals surface area contributed by atoms with Gasteiger partial charge in [-0.2, -0.15) is 5.10 Å². The standard InChI is InChI=1S/C21H23Cl2N3O3/c22-16-8-17(29-14-5-4-13(27)7-14)19-15(10-24-21(19)20(16)23)12-9-25-26(11-12)18-3-1-2-6-28-18/h8-11,13-14,18,24,27H,1-7H2. The van der Waals surface area contributed by atoms with Crippen LogP contribution in [0, 0.1) is 0 Å². The van der Waals surface area contributed by atoms with Gasteiger partial charge < -0.3 is 19.6 Å². The number of nitrogens with zero attached hydrogens (tertiary/aromatic N) is 2. The highest BCUT2D eigenvalue weighted by molar-refractivity contribution is 6.45. The molecule has 3 aromatic rings. The maximum atomic E-state index is 9.85. The van der Waals surface area contributed by atoms with Gasteiger partial charge in [-0.25, -0.2) is 4.68 Å². The first-order valence-corrected chi connectivity index (χ1v) is 10.9. The first-order chi connectivity index (χ1) is 14.1. The van der Waals surface area contributed by atoms with Crippen LogP contribution < -0.4 is 4.74 Å². The second-order valence-electron chi connectivity index (χ2n) is 7.86. The second-order valence-corrected chi connectivity index (χ2v) is 8.65. The Hall–Kier alpha value is -1.73. The summed E-state index contributed by atoms with van der Waals surface area (Å²) in [5, 5.41) is 16.2. The Labute approximate surface area is 178 Å². The molecule has 1 aliphatic carbocycles. The first kappa shape index (κ1) is 19.2. The Morgan fingerprint density at radius 2 is 2.14 bits per heavy atom. The molecule has 2 N–H and O–H groups in total. The molecule has 8 heteroatoms. The number of hydrogen-bond donors (Lipinski definition) is 2. The van der Waals surface area contributed by atoms with E-state index in [4.69, 9.17) is 32.7 Å². The van der Waals surface area contributed by atoms with Crippen molar-refractivity contribution in [3.8, 4) is 16.9 Å². The number of fused-ring (bicyclic) bond motifs is 1. The summed E-state index contributed by atoms with van der Waals surface area (Å²) in [7, 11) is 0. The van der Waals surface area contributed by atoms with Crippen LogP contribution in [0.5, 0.6) is 5.75 Å². The molecule has 154 valence electrons. The largest absolute Gasteiger partial charge is 0.490 e. The van der Waals surface area contributed by atoms with Crippen LogP contribution in [-0.2, 0) is 4.74 Å². The van der Waals surface area contributed by atoms with Crippen molar-refractivity contribution in [3.63, 3.8) is 0 Å². The van der Waals surface area contributed by atoms with Crippen LogP contribution in [-0.4, -0.2) is 38.7 Å². The fraction of sp³-hybridized carbons (Fsp3) is 0.476. The molecule has 5 rings (SSSR count). The molecule has 3 atom stereocenters. The van der Waals surface area contributed by atoms with Crippen molar-refractivity contribution in [2.24, 2.45) is 0 Å². The maximum Gasteiger partial charge on any atom is 0.150 e. The molecule has 1 aliphatic heterocycles. The zero-order chi connectivity index (χ0) is 20.0. The van der Waals surface area contributed by atoms with Crippen molar-refractivity contribution in [2.45, 2.75) is 57.0 Å². The lowest BCUT2D eigenvalue weighted by atomic mass is 10.1. The molecule has 1 aromatic carbocycles. The van der Waals surface area contributed by atoms with Crippen molar-refractivity contribution in [3.05, 3.63) is 34.7 Å². The molecule has 0 bridgehead atoms. The second kappa shape index (κ2) is 7.84. The van der Waals surface area contributed by atoms with E-state index < -0.39 is 0 Å². The molecule has 0 spiro atoms. The number of rotatable bonds is 4. The number of aliphatic hydroxyl groups is 1. The van der Waals surface area contributed by atoms with Crippen LogP contribution >= 0.6 is 23.2 Å². The third kappa shape index (κ3) is 3.63. The number of ether oxygens (including phenoxy) is 2. The van der Waals surface area contributed by atoms with Crippen LogP contribution in [0.15, 0.2) is 24.7 Å². The van der Waals surface area contributed by atoms with E-state index in [-0.39, 0.29) is 18.4 Å². The number of aliphatic hydroxyl groups excluding tert-OH is 1. The molecule has 3 unspecified atom stereocenters. The summed E-state index contributed by atoms with van der Waals surface area (Å²) >= 11 is 12.8. The number of aromatic nitrogens is 3. The van der Waals surface area contributed by atoms with E-state index in [1.807, 2.05) is 23.3 Å². The first-order valence-electron chi connectivity index (χ1n) is 10.1. The van der Waals surface area contributed by atoms with E-state index >= 15 is 0 Å². The Kier molecular flexibility index (Phi) is 5.20. The van der Waals surface area contributed by atoms with Crippen molar-refractivity contribution >= 4 is 34.1 Å². The quantitative estimate of drug-likeness (QED) is 0.580. The predicted molar refractivity (Wildman–Crippen MR) is 113 cm³/mol. The van der Waals surface area contributed by atoms with Gasteiger partial charge in [-0.3, -0.25) is 0 Å². The topological polar surface area (TPSA) is 72.3 Å². The van der Waals surface area contributed by atoms with Gasteiger partial charge in [0.25, 0.3) is 0 Å². The zero-order valence-electron chi connectivity index (χ0n) is 15.9.